The summed E-state index contributed by atoms with van der Waals surface area (Å²) in [5.41, 5.74) is 2.29. The molecule has 126 valence electrons. The summed E-state index contributed by atoms with van der Waals surface area (Å²) in [5.74, 6) is 3.91. The third kappa shape index (κ3) is 4.05. The second-order valence-corrected chi connectivity index (χ2v) is 7.98. The molecule has 2 aliphatic carbocycles. The van der Waals surface area contributed by atoms with Crippen LogP contribution in [-0.4, -0.2) is 5.78 Å². The molecule has 2 fully saturated rings. The molecule has 0 saturated heterocycles. The van der Waals surface area contributed by atoms with Crippen LogP contribution in [0.4, 0.5) is 0 Å². The van der Waals surface area contributed by atoms with Gasteiger partial charge in [-0.2, -0.15) is 0 Å². The molecule has 0 amide bonds. The van der Waals surface area contributed by atoms with E-state index in [4.69, 9.17) is 0 Å². The van der Waals surface area contributed by atoms with Gasteiger partial charge in [-0.1, -0.05) is 50.5 Å². The Bertz CT molecular complexity index is 499. The minimum atomic E-state index is 0.169. The van der Waals surface area contributed by atoms with E-state index in [1.54, 1.807) is 6.92 Å². The van der Waals surface area contributed by atoms with Gasteiger partial charge in [0.15, 0.2) is 5.78 Å². The molecule has 0 aromatic heterocycles. The van der Waals surface area contributed by atoms with Crippen molar-refractivity contribution in [3.63, 3.8) is 0 Å². The summed E-state index contributed by atoms with van der Waals surface area (Å²) in [6.45, 7) is 4.00. The molecule has 1 nitrogen and oxygen atoms in total. The standard InChI is InChI=1S/C22H32O/c1-3-17-4-6-19(7-5-17)21-12-14-22(15-13-21)20-10-8-18(9-11-20)16(2)23/h8-11,17,19,21-22H,3-7,12-15H2,1-2H3/t17-,19-,21-,22-. The fraction of sp³-hybridized carbons (Fsp3) is 0.682. The maximum Gasteiger partial charge on any atom is 0.159 e. The van der Waals surface area contributed by atoms with E-state index in [0.29, 0.717) is 0 Å². The SMILES string of the molecule is CC[C@H]1CC[C@H]([C@H]2CC[C@H](c3ccc(C(C)=O)cc3)CC2)CC1. The van der Waals surface area contributed by atoms with E-state index in [2.05, 4.69) is 19.1 Å². The summed E-state index contributed by atoms with van der Waals surface area (Å²) in [6.07, 6.45) is 12.8. The van der Waals surface area contributed by atoms with Gasteiger partial charge in [0.05, 0.1) is 0 Å². The highest BCUT2D eigenvalue weighted by Crippen LogP contribution is 2.44. The van der Waals surface area contributed by atoms with E-state index in [9.17, 15) is 4.79 Å². The minimum Gasteiger partial charge on any atom is -0.295 e. The minimum absolute atomic E-state index is 0.169. The molecular formula is C22H32O. The Morgan fingerprint density at radius 2 is 1.39 bits per heavy atom. The third-order valence-corrected chi connectivity index (χ3v) is 6.70. The van der Waals surface area contributed by atoms with Crippen LogP contribution < -0.4 is 0 Å². The fourth-order valence-corrected chi connectivity index (χ4v) is 4.98. The van der Waals surface area contributed by atoms with Crippen molar-refractivity contribution < 1.29 is 4.79 Å². The van der Waals surface area contributed by atoms with Crippen molar-refractivity contribution in [2.45, 2.75) is 77.6 Å². The topological polar surface area (TPSA) is 17.1 Å². The van der Waals surface area contributed by atoms with Crippen LogP contribution in [-0.2, 0) is 0 Å². The van der Waals surface area contributed by atoms with Crippen LogP contribution in [0.3, 0.4) is 0 Å². The van der Waals surface area contributed by atoms with Gasteiger partial charge in [0, 0.05) is 5.56 Å². The first kappa shape index (κ1) is 16.7. The summed E-state index contributed by atoms with van der Waals surface area (Å²) >= 11 is 0. The Morgan fingerprint density at radius 3 is 1.87 bits per heavy atom. The van der Waals surface area contributed by atoms with Crippen LogP contribution in [0.2, 0.25) is 0 Å². The van der Waals surface area contributed by atoms with Crippen molar-refractivity contribution in [1.82, 2.24) is 0 Å². The quantitative estimate of drug-likeness (QED) is 0.589. The van der Waals surface area contributed by atoms with Crippen LogP contribution in [0.1, 0.15) is 93.5 Å². The van der Waals surface area contributed by atoms with Gasteiger partial charge in [-0.05, 0) is 74.7 Å². The number of ketones is 1. The lowest BCUT2D eigenvalue weighted by atomic mass is 9.68. The Balaban J connectivity index is 1.51. The van der Waals surface area contributed by atoms with Crippen LogP contribution in [0.15, 0.2) is 24.3 Å². The second-order valence-electron chi connectivity index (χ2n) is 7.98. The average Bonchev–Trinajstić information content (AvgIpc) is 2.62. The average molecular weight is 312 g/mol. The van der Waals surface area contributed by atoms with Crippen molar-refractivity contribution in [1.29, 1.82) is 0 Å². The lowest BCUT2D eigenvalue weighted by Gasteiger charge is -2.38. The molecule has 0 bridgehead atoms. The molecule has 1 aromatic rings. The number of rotatable bonds is 4. The zero-order valence-electron chi connectivity index (χ0n) is 14.9. The molecule has 2 saturated carbocycles. The van der Waals surface area contributed by atoms with Gasteiger partial charge in [-0.15, -0.1) is 0 Å². The molecule has 2 aliphatic rings. The third-order valence-electron chi connectivity index (χ3n) is 6.70. The second kappa shape index (κ2) is 7.64. The first-order chi connectivity index (χ1) is 11.2. The van der Waals surface area contributed by atoms with Crippen LogP contribution >= 0.6 is 0 Å². The zero-order valence-corrected chi connectivity index (χ0v) is 14.9. The lowest BCUT2D eigenvalue weighted by Crippen LogP contribution is -2.25. The van der Waals surface area contributed by atoms with E-state index in [1.807, 2.05) is 12.1 Å². The Hall–Kier alpha value is -1.11. The van der Waals surface area contributed by atoms with Gasteiger partial charge < -0.3 is 0 Å². The Kier molecular flexibility index (Phi) is 5.56. The Morgan fingerprint density at radius 1 is 0.870 bits per heavy atom. The molecule has 0 aliphatic heterocycles. The largest absolute Gasteiger partial charge is 0.295 e. The van der Waals surface area contributed by atoms with Crippen molar-refractivity contribution >= 4 is 5.78 Å². The van der Waals surface area contributed by atoms with Gasteiger partial charge in [-0.3, -0.25) is 4.79 Å². The van der Waals surface area contributed by atoms with Crippen LogP contribution in [0, 0.1) is 17.8 Å². The molecule has 0 N–H and O–H groups in total. The highest BCUT2D eigenvalue weighted by atomic mass is 16.1. The van der Waals surface area contributed by atoms with E-state index in [1.165, 1.54) is 63.4 Å². The molecule has 0 heterocycles. The van der Waals surface area contributed by atoms with Gasteiger partial charge in [0.2, 0.25) is 0 Å². The predicted octanol–water partition coefficient (Wildman–Crippen LogP) is 6.38. The number of carbonyl (C=O) groups excluding carboxylic acids is 1. The number of Topliss-reactive ketones (excluding diaryl/α,β-unsaturated/α-hetero) is 1. The van der Waals surface area contributed by atoms with Crippen LogP contribution in [0.5, 0.6) is 0 Å². The number of hydrogen-bond acceptors (Lipinski definition) is 1. The molecule has 0 unspecified atom stereocenters. The summed E-state index contributed by atoms with van der Waals surface area (Å²) in [4.78, 5) is 11.4. The van der Waals surface area contributed by atoms with Gasteiger partial charge in [-0.25, -0.2) is 0 Å². The zero-order chi connectivity index (χ0) is 16.2. The summed E-state index contributed by atoms with van der Waals surface area (Å²) in [5, 5.41) is 0. The maximum absolute atomic E-state index is 11.4. The van der Waals surface area contributed by atoms with Crippen molar-refractivity contribution in [2.75, 3.05) is 0 Å². The monoisotopic (exact) mass is 312 g/mol. The van der Waals surface area contributed by atoms with Gasteiger partial charge in [0.1, 0.15) is 0 Å². The van der Waals surface area contributed by atoms with Crippen molar-refractivity contribution in [3.8, 4) is 0 Å². The Labute approximate surface area is 141 Å². The first-order valence-corrected chi connectivity index (χ1v) is 9.78. The summed E-state index contributed by atoms with van der Waals surface area (Å²) in [7, 11) is 0. The number of carbonyl (C=O) groups is 1. The molecule has 0 radical (unpaired) electrons. The maximum atomic E-state index is 11.4. The molecular weight excluding hydrogens is 280 g/mol. The molecule has 23 heavy (non-hydrogen) atoms. The van der Waals surface area contributed by atoms with E-state index in [0.717, 1.165) is 29.2 Å². The highest BCUT2D eigenvalue weighted by Gasteiger charge is 2.30. The highest BCUT2D eigenvalue weighted by molar-refractivity contribution is 5.94. The predicted molar refractivity (Wildman–Crippen MR) is 96.9 cm³/mol. The molecule has 3 rings (SSSR count). The van der Waals surface area contributed by atoms with Crippen molar-refractivity contribution in [3.05, 3.63) is 35.4 Å². The fourth-order valence-electron chi connectivity index (χ4n) is 4.98. The molecule has 0 spiro atoms. The summed E-state index contributed by atoms with van der Waals surface area (Å²) < 4.78 is 0. The number of hydrogen-bond donors (Lipinski definition) is 0. The van der Waals surface area contributed by atoms with Gasteiger partial charge in [0.25, 0.3) is 0 Å². The van der Waals surface area contributed by atoms with Gasteiger partial charge >= 0.3 is 0 Å². The smallest absolute Gasteiger partial charge is 0.159 e. The van der Waals surface area contributed by atoms with E-state index < -0.39 is 0 Å². The van der Waals surface area contributed by atoms with E-state index >= 15 is 0 Å². The molecule has 1 heteroatoms. The van der Waals surface area contributed by atoms with E-state index in [-0.39, 0.29) is 5.78 Å². The number of benzene rings is 1. The first-order valence-electron chi connectivity index (χ1n) is 9.78. The lowest BCUT2D eigenvalue weighted by molar-refractivity contribution is 0.101. The van der Waals surface area contributed by atoms with Crippen LogP contribution in [0.25, 0.3) is 0 Å². The molecule has 1 aromatic carbocycles. The molecule has 0 atom stereocenters. The summed E-state index contributed by atoms with van der Waals surface area (Å²) in [6, 6.07) is 8.40. The van der Waals surface area contributed by atoms with Crippen molar-refractivity contribution in [2.24, 2.45) is 17.8 Å². The normalized spacial score (nSPS) is 31.7.